The van der Waals surface area contributed by atoms with Gasteiger partial charge in [0.1, 0.15) is 5.60 Å². The Kier molecular flexibility index (Phi) is 4.24. The molecule has 0 N–H and O–H groups in total. The van der Waals surface area contributed by atoms with Gasteiger partial charge >= 0.3 is 0 Å². The van der Waals surface area contributed by atoms with Gasteiger partial charge in [-0.3, -0.25) is 14.6 Å². The summed E-state index contributed by atoms with van der Waals surface area (Å²) in [7, 11) is 0. The molecule has 8 heteroatoms. The Balaban J connectivity index is 1.31. The van der Waals surface area contributed by atoms with Crippen LogP contribution >= 0.6 is 0 Å². The lowest BCUT2D eigenvalue weighted by Gasteiger charge is -2.35. The lowest BCUT2D eigenvalue weighted by atomic mass is 9.76. The monoisotopic (exact) mass is 403 g/mol. The van der Waals surface area contributed by atoms with Crippen LogP contribution in [0.4, 0.5) is 8.78 Å². The molecule has 6 nitrogen and oxygen atoms in total. The molecular weight excluding hydrogens is 380 g/mol. The highest BCUT2D eigenvalue weighted by Gasteiger charge is 2.67. The van der Waals surface area contributed by atoms with Gasteiger partial charge in [-0.25, -0.2) is 8.78 Å². The van der Waals surface area contributed by atoms with Crippen LogP contribution < -0.4 is 0 Å². The van der Waals surface area contributed by atoms with E-state index in [9.17, 15) is 18.4 Å². The molecule has 4 aliphatic rings. The number of halogens is 2. The van der Waals surface area contributed by atoms with Crippen molar-refractivity contribution in [2.45, 2.75) is 36.9 Å². The maximum atomic E-state index is 13.5. The van der Waals surface area contributed by atoms with Crippen LogP contribution in [0.3, 0.4) is 0 Å². The van der Waals surface area contributed by atoms with Crippen molar-refractivity contribution in [3.8, 4) is 0 Å². The summed E-state index contributed by atoms with van der Waals surface area (Å²) in [6.45, 7) is 1.02. The van der Waals surface area contributed by atoms with Crippen LogP contribution in [-0.4, -0.2) is 70.4 Å². The first-order valence-electron chi connectivity index (χ1n) is 10.1. The number of carbonyl (C=O) groups excluding carboxylic acids is 2. The molecule has 0 aromatic carbocycles. The zero-order valence-corrected chi connectivity index (χ0v) is 16.0. The third kappa shape index (κ3) is 3.04. The number of pyridine rings is 1. The van der Waals surface area contributed by atoms with Gasteiger partial charge in [0, 0.05) is 44.9 Å². The fourth-order valence-corrected chi connectivity index (χ4v) is 5.13. The van der Waals surface area contributed by atoms with Gasteiger partial charge in [0.2, 0.25) is 11.8 Å². The number of hydrogen-bond acceptors (Lipinski definition) is 4. The zero-order chi connectivity index (χ0) is 20.2. The van der Waals surface area contributed by atoms with E-state index in [1.54, 1.807) is 17.3 Å². The second-order valence-electron chi connectivity index (χ2n) is 8.45. The summed E-state index contributed by atoms with van der Waals surface area (Å²) in [5.74, 6) is -4.21. The predicted octanol–water partition coefficient (Wildman–Crippen LogP) is 1.66. The lowest BCUT2D eigenvalue weighted by molar-refractivity contribution is -0.147. The highest BCUT2D eigenvalue weighted by Crippen LogP contribution is 2.52. The molecule has 0 unspecified atom stereocenters. The fraction of sp³-hybridized carbons (Fsp3) is 0.571. The number of rotatable bonds is 4. The van der Waals surface area contributed by atoms with E-state index >= 15 is 0 Å². The van der Waals surface area contributed by atoms with E-state index in [1.807, 2.05) is 24.3 Å². The molecule has 0 radical (unpaired) electrons. The largest absolute Gasteiger partial charge is 0.360 e. The molecule has 4 aliphatic heterocycles. The van der Waals surface area contributed by atoms with Crippen LogP contribution in [-0.2, 0) is 20.7 Å². The van der Waals surface area contributed by atoms with Crippen molar-refractivity contribution in [3.63, 3.8) is 0 Å². The molecule has 0 aliphatic carbocycles. The minimum Gasteiger partial charge on any atom is -0.360 e. The number of carbonyl (C=O) groups is 2. The number of piperidine rings is 1. The van der Waals surface area contributed by atoms with Crippen molar-refractivity contribution >= 4 is 11.8 Å². The zero-order valence-electron chi connectivity index (χ0n) is 16.0. The first-order valence-corrected chi connectivity index (χ1v) is 10.1. The van der Waals surface area contributed by atoms with Crippen molar-refractivity contribution < 1.29 is 23.1 Å². The summed E-state index contributed by atoms with van der Waals surface area (Å²) in [6.07, 6.45) is 6.82. The van der Waals surface area contributed by atoms with E-state index in [0.717, 1.165) is 5.56 Å². The number of amides is 2. The van der Waals surface area contributed by atoms with Gasteiger partial charge in [-0.15, -0.1) is 0 Å². The fourth-order valence-electron chi connectivity index (χ4n) is 5.13. The standard InChI is InChI=1S/C21H23F2N3O3/c22-21(23)6-11-25(12-7-21)18(27)16-15-1-5-20(29-15)13-26(19(28)17(16)20)10-4-14-2-8-24-9-3-14/h1-3,5,8-9,15-17H,4,6-7,10-13H2/t15-,16+,17-,20-/m0/s1. The Morgan fingerprint density at radius 2 is 1.97 bits per heavy atom. The Morgan fingerprint density at radius 3 is 2.69 bits per heavy atom. The quantitative estimate of drug-likeness (QED) is 0.718. The summed E-state index contributed by atoms with van der Waals surface area (Å²) >= 11 is 0. The summed E-state index contributed by atoms with van der Waals surface area (Å²) in [5.41, 5.74) is 0.324. The molecule has 1 spiro atoms. The molecule has 154 valence electrons. The van der Waals surface area contributed by atoms with Gasteiger partial charge in [0.05, 0.1) is 24.5 Å². The third-order valence-corrected chi connectivity index (χ3v) is 6.69. The van der Waals surface area contributed by atoms with Gasteiger partial charge in [0.25, 0.3) is 5.92 Å². The Morgan fingerprint density at radius 1 is 1.24 bits per heavy atom. The van der Waals surface area contributed by atoms with Crippen LogP contribution in [0.1, 0.15) is 18.4 Å². The topological polar surface area (TPSA) is 62.7 Å². The van der Waals surface area contributed by atoms with Crippen molar-refractivity contribution in [1.29, 1.82) is 0 Å². The van der Waals surface area contributed by atoms with Crippen molar-refractivity contribution in [3.05, 3.63) is 42.2 Å². The van der Waals surface area contributed by atoms with Crippen molar-refractivity contribution in [2.24, 2.45) is 11.8 Å². The van der Waals surface area contributed by atoms with Crippen LogP contribution in [0.25, 0.3) is 0 Å². The van der Waals surface area contributed by atoms with E-state index < -0.39 is 29.5 Å². The number of aromatic nitrogens is 1. The summed E-state index contributed by atoms with van der Waals surface area (Å²) in [5, 5.41) is 0. The normalized spacial score (nSPS) is 34.7. The van der Waals surface area contributed by atoms with Gasteiger partial charge in [-0.1, -0.05) is 12.2 Å². The predicted molar refractivity (Wildman–Crippen MR) is 99.0 cm³/mol. The van der Waals surface area contributed by atoms with Crippen LogP contribution in [0, 0.1) is 11.8 Å². The van der Waals surface area contributed by atoms with Gasteiger partial charge in [-0.05, 0) is 24.1 Å². The molecule has 1 aromatic rings. The second kappa shape index (κ2) is 6.58. The van der Waals surface area contributed by atoms with Crippen LogP contribution in [0.15, 0.2) is 36.7 Å². The number of hydrogen-bond donors (Lipinski definition) is 0. The van der Waals surface area contributed by atoms with Gasteiger partial charge in [0.15, 0.2) is 0 Å². The maximum Gasteiger partial charge on any atom is 0.251 e. The van der Waals surface area contributed by atoms with Crippen molar-refractivity contribution in [2.75, 3.05) is 26.2 Å². The third-order valence-electron chi connectivity index (χ3n) is 6.69. The number of nitrogens with zero attached hydrogens (tertiary/aromatic N) is 3. The summed E-state index contributed by atoms with van der Waals surface area (Å²) < 4.78 is 33.1. The lowest BCUT2D eigenvalue weighted by Crippen LogP contribution is -2.50. The average molecular weight is 403 g/mol. The van der Waals surface area contributed by atoms with Crippen molar-refractivity contribution in [1.82, 2.24) is 14.8 Å². The van der Waals surface area contributed by atoms with E-state index in [-0.39, 0.29) is 37.7 Å². The number of alkyl halides is 2. The molecule has 2 amide bonds. The number of ether oxygens (including phenoxy) is 1. The Hall–Kier alpha value is -2.35. The molecule has 0 saturated carbocycles. The van der Waals surface area contributed by atoms with Crippen LogP contribution in [0.5, 0.6) is 0 Å². The van der Waals surface area contributed by atoms with Crippen LogP contribution in [0.2, 0.25) is 0 Å². The summed E-state index contributed by atoms with van der Waals surface area (Å²) in [6, 6.07) is 3.83. The molecule has 2 bridgehead atoms. The second-order valence-corrected chi connectivity index (χ2v) is 8.45. The van der Waals surface area contributed by atoms with Gasteiger partial charge < -0.3 is 14.5 Å². The van der Waals surface area contributed by atoms with Gasteiger partial charge in [-0.2, -0.15) is 0 Å². The first-order chi connectivity index (χ1) is 13.9. The minimum absolute atomic E-state index is 0.0262. The first kappa shape index (κ1) is 18.7. The highest BCUT2D eigenvalue weighted by atomic mass is 19.3. The number of fused-ring (bicyclic) bond motifs is 1. The molecule has 4 atom stereocenters. The molecule has 3 fully saturated rings. The SMILES string of the molecule is O=C([C@@H]1[C@@H]2C=C[C@@]3(CN(CCc4ccncc4)C(=O)[C@H]13)O2)N1CCC(F)(F)CC1. The molecule has 3 saturated heterocycles. The summed E-state index contributed by atoms with van der Waals surface area (Å²) in [4.78, 5) is 33.6. The maximum absolute atomic E-state index is 13.5. The Bertz CT molecular complexity index is 852. The van der Waals surface area contributed by atoms with E-state index in [4.69, 9.17) is 4.74 Å². The highest BCUT2D eigenvalue weighted by molar-refractivity contribution is 5.93. The molecule has 29 heavy (non-hydrogen) atoms. The molecule has 1 aromatic heterocycles. The molecular formula is C21H23F2N3O3. The molecule has 5 rings (SSSR count). The smallest absolute Gasteiger partial charge is 0.251 e. The average Bonchev–Trinajstić information content (AvgIpc) is 3.35. The Labute approximate surface area is 167 Å². The minimum atomic E-state index is -2.71. The number of likely N-dealkylation sites (tertiary alicyclic amines) is 2. The van der Waals surface area contributed by atoms with E-state index in [2.05, 4.69) is 4.98 Å². The van der Waals surface area contributed by atoms with E-state index in [1.165, 1.54) is 4.90 Å². The van der Waals surface area contributed by atoms with E-state index in [0.29, 0.717) is 19.5 Å². The molecule has 5 heterocycles.